The molecule has 0 unspecified atom stereocenters. The second kappa shape index (κ2) is 6.83. The normalized spacial score (nSPS) is 23.3. The van der Waals surface area contributed by atoms with Gasteiger partial charge in [-0.25, -0.2) is 4.99 Å². The Labute approximate surface area is 120 Å². The molecule has 114 valence electrons. The number of hydrogen-bond donors (Lipinski definition) is 1. The van der Waals surface area contributed by atoms with E-state index in [-0.39, 0.29) is 24.0 Å². The van der Waals surface area contributed by atoms with Crippen molar-refractivity contribution in [1.29, 1.82) is 5.41 Å². The van der Waals surface area contributed by atoms with E-state index >= 15 is 0 Å². The van der Waals surface area contributed by atoms with Gasteiger partial charge < -0.3 is 14.4 Å². The number of hydrogen-bond acceptors (Lipinski definition) is 4. The summed E-state index contributed by atoms with van der Waals surface area (Å²) in [6, 6.07) is 0. The van der Waals surface area contributed by atoms with E-state index in [0.717, 1.165) is 0 Å². The van der Waals surface area contributed by atoms with Gasteiger partial charge >= 0.3 is 5.97 Å². The maximum absolute atomic E-state index is 12.2. The van der Waals surface area contributed by atoms with Crippen molar-refractivity contribution in [3.63, 3.8) is 0 Å². The third-order valence-corrected chi connectivity index (χ3v) is 3.10. The highest BCUT2D eigenvalue weighted by molar-refractivity contribution is 5.82. The number of aliphatic imine (C=N–C) groups is 1. The molecule has 0 amide bonds. The summed E-state index contributed by atoms with van der Waals surface area (Å²) in [6.45, 7) is 12.4. The second-order valence-corrected chi connectivity index (χ2v) is 5.85. The zero-order chi connectivity index (χ0) is 15.3. The number of carbonyl (C=O) groups excluding carboxylic acids is 1. The second-order valence-electron chi connectivity index (χ2n) is 5.85. The maximum Gasteiger partial charge on any atom is 0.312 e. The molecule has 1 N–H and O–H groups in total. The SMILES string of the molecule is C=NC(=N)N1CC[C@@H](C(=O)OC(C)(C)C)[C@@H](OCC)C1. The smallest absolute Gasteiger partial charge is 0.312 e. The van der Waals surface area contributed by atoms with Crippen molar-refractivity contribution in [2.75, 3.05) is 19.7 Å². The molecular weight excluding hydrogens is 258 g/mol. The summed E-state index contributed by atoms with van der Waals surface area (Å²) in [5, 5.41) is 7.70. The summed E-state index contributed by atoms with van der Waals surface area (Å²) in [6.07, 6.45) is 0.322. The van der Waals surface area contributed by atoms with Crippen LogP contribution in [0, 0.1) is 11.3 Å². The average Bonchev–Trinajstić information content (AvgIpc) is 2.36. The lowest BCUT2D eigenvalue weighted by Gasteiger charge is -2.38. The van der Waals surface area contributed by atoms with Crippen molar-refractivity contribution >= 4 is 18.6 Å². The molecule has 0 saturated carbocycles. The summed E-state index contributed by atoms with van der Waals surface area (Å²) in [5.74, 6) is -0.394. The molecule has 0 aliphatic carbocycles. The molecule has 0 aromatic rings. The number of nitrogens with one attached hydrogen (secondary N) is 1. The van der Waals surface area contributed by atoms with Crippen LogP contribution >= 0.6 is 0 Å². The van der Waals surface area contributed by atoms with E-state index in [4.69, 9.17) is 14.9 Å². The van der Waals surface area contributed by atoms with E-state index < -0.39 is 5.60 Å². The summed E-state index contributed by atoms with van der Waals surface area (Å²) in [7, 11) is 0. The quantitative estimate of drug-likeness (QED) is 0.486. The number of ether oxygens (including phenoxy) is 2. The lowest BCUT2D eigenvalue weighted by Crippen LogP contribution is -2.50. The molecule has 0 aromatic heterocycles. The van der Waals surface area contributed by atoms with E-state index in [0.29, 0.717) is 26.1 Å². The maximum atomic E-state index is 12.2. The topological polar surface area (TPSA) is 75.0 Å². The molecular formula is C14H25N3O3. The van der Waals surface area contributed by atoms with Gasteiger partial charge in [-0.3, -0.25) is 10.2 Å². The molecule has 6 nitrogen and oxygen atoms in total. The van der Waals surface area contributed by atoms with Crippen molar-refractivity contribution in [2.24, 2.45) is 10.9 Å². The Hall–Kier alpha value is -1.43. The molecule has 1 aliphatic heterocycles. The van der Waals surface area contributed by atoms with Crippen LogP contribution in [0.15, 0.2) is 4.99 Å². The van der Waals surface area contributed by atoms with Gasteiger partial charge in [0.1, 0.15) is 5.60 Å². The van der Waals surface area contributed by atoms with Crippen molar-refractivity contribution < 1.29 is 14.3 Å². The van der Waals surface area contributed by atoms with Gasteiger partial charge in [0.05, 0.1) is 12.0 Å². The highest BCUT2D eigenvalue weighted by Crippen LogP contribution is 2.24. The monoisotopic (exact) mass is 283 g/mol. The van der Waals surface area contributed by atoms with Crippen LogP contribution in [0.1, 0.15) is 34.1 Å². The van der Waals surface area contributed by atoms with Gasteiger partial charge in [-0.2, -0.15) is 0 Å². The fraction of sp³-hybridized carbons (Fsp3) is 0.786. The Balaban J connectivity index is 2.74. The van der Waals surface area contributed by atoms with Crippen LogP contribution in [0.25, 0.3) is 0 Å². The van der Waals surface area contributed by atoms with E-state index in [1.54, 1.807) is 4.90 Å². The molecule has 0 bridgehead atoms. The lowest BCUT2D eigenvalue weighted by atomic mass is 9.93. The minimum Gasteiger partial charge on any atom is -0.460 e. The number of carbonyl (C=O) groups is 1. The highest BCUT2D eigenvalue weighted by Gasteiger charge is 2.37. The minimum absolute atomic E-state index is 0.123. The van der Waals surface area contributed by atoms with Crippen molar-refractivity contribution in [3.8, 4) is 0 Å². The Morgan fingerprint density at radius 1 is 1.50 bits per heavy atom. The molecule has 1 fully saturated rings. The Bertz CT molecular complexity index is 376. The highest BCUT2D eigenvalue weighted by atomic mass is 16.6. The van der Waals surface area contributed by atoms with Gasteiger partial charge in [0.25, 0.3) is 0 Å². The molecule has 0 aromatic carbocycles. The van der Waals surface area contributed by atoms with E-state index in [1.165, 1.54) is 0 Å². The van der Waals surface area contributed by atoms with Gasteiger partial charge in [-0.15, -0.1) is 0 Å². The first kappa shape index (κ1) is 16.6. The average molecular weight is 283 g/mol. The van der Waals surface area contributed by atoms with Crippen molar-refractivity contribution in [2.45, 2.75) is 45.8 Å². The predicted molar refractivity (Wildman–Crippen MR) is 78.2 cm³/mol. The van der Waals surface area contributed by atoms with Crippen LogP contribution in [-0.4, -0.2) is 54.9 Å². The van der Waals surface area contributed by atoms with Crippen LogP contribution < -0.4 is 0 Å². The Morgan fingerprint density at radius 3 is 2.65 bits per heavy atom. The zero-order valence-corrected chi connectivity index (χ0v) is 12.8. The first-order valence-corrected chi connectivity index (χ1v) is 6.93. The largest absolute Gasteiger partial charge is 0.460 e. The Kier molecular flexibility index (Phi) is 5.68. The molecule has 6 heteroatoms. The number of rotatable bonds is 3. The fourth-order valence-electron chi connectivity index (χ4n) is 2.24. The van der Waals surface area contributed by atoms with Crippen molar-refractivity contribution in [3.05, 3.63) is 0 Å². The molecule has 2 atom stereocenters. The summed E-state index contributed by atoms with van der Waals surface area (Å²) < 4.78 is 11.1. The van der Waals surface area contributed by atoms with Crippen LogP contribution in [0.3, 0.4) is 0 Å². The third-order valence-electron chi connectivity index (χ3n) is 3.10. The molecule has 1 heterocycles. The van der Waals surface area contributed by atoms with Crippen LogP contribution in [0.2, 0.25) is 0 Å². The number of likely N-dealkylation sites (tertiary alicyclic amines) is 1. The molecule has 1 saturated heterocycles. The number of piperidine rings is 1. The first-order chi connectivity index (χ1) is 9.28. The van der Waals surface area contributed by atoms with Gasteiger partial charge in [-0.1, -0.05) is 0 Å². The number of nitrogens with zero attached hydrogens (tertiary/aromatic N) is 2. The molecule has 0 spiro atoms. The third kappa shape index (κ3) is 4.59. The van der Waals surface area contributed by atoms with Gasteiger partial charge in [0.15, 0.2) is 0 Å². The van der Waals surface area contributed by atoms with E-state index in [1.807, 2.05) is 27.7 Å². The van der Waals surface area contributed by atoms with Crippen LogP contribution in [0.5, 0.6) is 0 Å². The fourth-order valence-corrected chi connectivity index (χ4v) is 2.24. The summed E-state index contributed by atoms with van der Waals surface area (Å²) >= 11 is 0. The number of esters is 1. The van der Waals surface area contributed by atoms with Gasteiger partial charge in [0, 0.05) is 19.7 Å². The molecule has 20 heavy (non-hydrogen) atoms. The molecule has 0 radical (unpaired) electrons. The van der Waals surface area contributed by atoms with E-state index in [2.05, 4.69) is 11.7 Å². The molecule has 1 aliphatic rings. The first-order valence-electron chi connectivity index (χ1n) is 6.93. The van der Waals surface area contributed by atoms with Gasteiger partial charge in [-0.05, 0) is 40.8 Å². The van der Waals surface area contributed by atoms with Gasteiger partial charge in [0.2, 0.25) is 5.96 Å². The van der Waals surface area contributed by atoms with Crippen molar-refractivity contribution in [1.82, 2.24) is 4.90 Å². The van der Waals surface area contributed by atoms with Crippen LogP contribution in [0.4, 0.5) is 0 Å². The summed E-state index contributed by atoms with van der Waals surface area (Å²) in [5.41, 5.74) is -0.500. The van der Waals surface area contributed by atoms with E-state index in [9.17, 15) is 4.79 Å². The lowest BCUT2D eigenvalue weighted by molar-refractivity contribution is -0.168. The minimum atomic E-state index is -0.500. The zero-order valence-electron chi connectivity index (χ0n) is 12.8. The summed E-state index contributed by atoms with van der Waals surface area (Å²) in [4.78, 5) is 17.6. The Morgan fingerprint density at radius 2 is 2.15 bits per heavy atom. The van der Waals surface area contributed by atoms with Crippen LogP contribution in [-0.2, 0) is 14.3 Å². The standard InChI is InChI=1S/C14H25N3O3/c1-6-19-11-9-17(13(15)16-5)8-7-10(11)12(18)20-14(2,3)4/h10-11,15H,5-9H2,1-4H3/t10-,11+/m1/s1. The molecule has 1 rings (SSSR count). The predicted octanol–water partition coefficient (Wildman–Crippen LogP) is 1.69. The number of guanidine groups is 1.